The number of rotatable bonds is 6. The summed E-state index contributed by atoms with van der Waals surface area (Å²) in [5.41, 5.74) is 5.69. The van der Waals surface area contributed by atoms with Gasteiger partial charge in [0.05, 0.1) is 0 Å². The number of amides is 1. The zero-order valence-electron chi connectivity index (χ0n) is 11.5. The Hall–Kier alpha value is -0.610. The largest absolute Gasteiger partial charge is 0.338 e. The van der Waals surface area contributed by atoms with E-state index >= 15 is 0 Å². The number of carbonyl (C=O) groups excluding carboxylic acids is 1. The third-order valence-corrected chi connectivity index (χ3v) is 3.32. The van der Waals surface area contributed by atoms with E-state index in [2.05, 4.69) is 23.9 Å². The van der Waals surface area contributed by atoms with Crippen LogP contribution in [0.3, 0.4) is 0 Å². The third-order valence-electron chi connectivity index (χ3n) is 3.32. The van der Waals surface area contributed by atoms with E-state index in [0.717, 1.165) is 38.8 Å². The van der Waals surface area contributed by atoms with Crippen LogP contribution in [0.5, 0.6) is 0 Å². The third kappa shape index (κ3) is 5.04. The van der Waals surface area contributed by atoms with Gasteiger partial charge in [-0.2, -0.15) is 0 Å². The Kier molecular flexibility index (Phi) is 5.92. The van der Waals surface area contributed by atoms with Gasteiger partial charge >= 0.3 is 0 Å². The van der Waals surface area contributed by atoms with Crippen LogP contribution in [0.1, 0.15) is 39.0 Å². The molecule has 1 rings (SSSR count). The summed E-state index contributed by atoms with van der Waals surface area (Å²) in [6.07, 6.45) is 4.82. The molecular formula is C13H27N3O. The Morgan fingerprint density at radius 3 is 2.82 bits per heavy atom. The minimum atomic E-state index is 0.207. The molecule has 0 bridgehead atoms. The Morgan fingerprint density at radius 2 is 2.24 bits per heavy atom. The Labute approximate surface area is 105 Å². The smallest absolute Gasteiger partial charge is 0.222 e. The predicted molar refractivity (Wildman–Crippen MR) is 70.8 cm³/mol. The second-order valence-corrected chi connectivity index (χ2v) is 5.51. The molecule has 2 atom stereocenters. The standard InChI is InChI=1S/C13H27N3O/c1-11(14)6-4-8-13(17)16-9-5-7-12(16)10-15(2)3/h11-12H,4-10,14H2,1-3H3. The molecule has 0 aromatic heterocycles. The van der Waals surface area contributed by atoms with Crippen molar-refractivity contribution >= 4 is 5.91 Å². The highest BCUT2D eigenvalue weighted by Gasteiger charge is 2.28. The first kappa shape index (κ1) is 14.5. The fraction of sp³-hybridized carbons (Fsp3) is 0.923. The normalized spacial score (nSPS) is 22.2. The monoisotopic (exact) mass is 241 g/mol. The van der Waals surface area contributed by atoms with E-state index in [4.69, 9.17) is 5.73 Å². The minimum Gasteiger partial charge on any atom is -0.338 e. The van der Waals surface area contributed by atoms with Gasteiger partial charge in [-0.15, -0.1) is 0 Å². The van der Waals surface area contributed by atoms with E-state index in [1.165, 1.54) is 0 Å². The van der Waals surface area contributed by atoms with Crippen molar-refractivity contribution in [2.24, 2.45) is 5.73 Å². The van der Waals surface area contributed by atoms with Crippen molar-refractivity contribution in [2.75, 3.05) is 27.2 Å². The zero-order valence-corrected chi connectivity index (χ0v) is 11.5. The van der Waals surface area contributed by atoms with Crippen molar-refractivity contribution in [3.05, 3.63) is 0 Å². The summed E-state index contributed by atoms with van der Waals surface area (Å²) in [6, 6.07) is 0.631. The topological polar surface area (TPSA) is 49.6 Å². The number of hydrogen-bond acceptors (Lipinski definition) is 3. The van der Waals surface area contributed by atoms with Crippen LogP contribution in [0, 0.1) is 0 Å². The number of carbonyl (C=O) groups is 1. The van der Waals surface area contributed by atoms with Crippen LogP contribution < -0.4 is 5.73 Å². The first-order chi connectivity index (χ1) is 8.00. The van der Waals surface area contributed by atoms with Crippen molar-refractivity contribution in [3.8, 4) is 0 Å². The van der Waals surface area contributed by atoms with Gasteiger partial charge in [0.2, 0.25) is 5.91 Å². The summed E-state index contributed by atoms with van der Waals surface area (Å²) in [4.78, 5) is 16.3. The van der Waals surface area contributed by atoms with Gasteiger partial charge in [-0.25, -0.2) is 0 Å². The molecule has 0 aromatic rings. The van der Waals surface area contributed by atoms with Crippen LogP contribution >= 0.6 is 0 Å². The molecule has 1 saturated heterocycles. The molecule has 2 unspecified atom stereocenters. The highest BCUT2D eigenvalue weighted by Crippen LogP contribution is 2.19. The van der Waals surface area contributed by atoms with Crippen LogP contribution in [0.15, 0.2) is 0 Å². The van der Waals surface area contributed by atoms with Gasteiger partial charge in [-0.05, 0) is 46.7 Å². The number of nitrogens with zero attached hydrogens (tertiary/aromatic N) is 2. The van der Waals surface area contributed by atoms with Gasteiger partial charge in [0.15, 0.2) is 0 Å². The fourth-order valence-corrected chi connectivity index (χ4v) is 2.49. The zero-order chi connectivity index (χ0) is 12.8. The molecule has 2 N–H and O–H groups in total. The van der Waals surface area contributed by atoms with Crippen LogP contribution in [0.4, 0.5) is 0 Å². The highest BCUT2D eigenvalue weighted by atomic mass is 16.2. The molecule has 1 heterocycles. The van der Waals surface area contributed by atoms with Crippen molar-refractivity contribution < 1.29 is 4.79 Å². The quantitative estimate of drug-likeness (QED) is 0.756. The molecule has 1 aliphatic rings. The molecule has 0 spiro atoms. The Bertz CT molecular complexity index is 241. The van der Waals surface area contributed by atoms with E-state index in [9.17, 15) is 4.79 Å². The fourth-order valence-electron chi connectivity index (χ4n) is 2.49. The van der Waals surface area contributed by atoms with Crippen LogP contribution in [-0.2, 0) is 4.79 Å². The number of likely N-dealkylation sites (tertiary alicyclic amines) is 1. The van der Waals surface area contributed by atoms with Crippen LogP contribution in [0.25, 0.3) is 0 Å². The second kappa shape index (κ2) is 6.97. The summed E-state index contributed by atoms with van der Waals surface area (Å²) in [5.74, 6) is 0.315. The van der Waals surface area contributed by atoms with Gasteiger partial charge in [0.1, 0.15) is 0 Å². The maximum atomic E-state index is 12.1. The van der Waals surface area contributed by atoms with E-state index in [-0.39, 0.29) is 6.04 Å². The SMILES string of the molecule is CC(N)CCCC(=O)N1CCCC1CN(C)C. The molecule has 0 radical (unpaired) electrons. The lowest BCUT2D eigenvalue weighted by atomic mass is 10.1. The highest BCUT2D eigenvalue weighted by molar-refractivity contribution is 5.76. The average Bonchev–Trinajstić information content (AvgIpc) is 2.64. The molecule has 1 amide bonds. The lowest BCUT2D eigenvalue weighted by molar-refractivity contribution is -0.132. The maximum absolute atomic E-state index is 12.1. The molecule has 4 heteroatoms. The first-order valence-corrected chi connectivity index (χ1v) is 6.70. The maximum Gasteiger partial charge on any atom is 0.222 e. The molecule has 4 nitrogen and oxygen atoms in total. The van der Waals surface area contributed by atoms with Gasteiger partial charge < -0.3 is 15.5 Å². The lowest BCUT2D eigenvalue weighted by Crippen LogP contribution is -2.41. The van der Waals surface area contributed by atoms with Crippen molar-refractivity contribution in [3.63, 3.8) is 0 Å². The van der Waals surface area contributed by atoms with E-state index in [1.807, 2.05) is 6.92 Å². The van der Waals surface area contributed by atoms with E-state index < -0.39 is 0 Å². The molecule has 0 aliphatic carbocycles. The average molecular weight is 241 g/mol. The summed E-state index contributed by atoms with van der Waals surface area (Å²) >= 11 is 0. The van der Waals surface area contributed by atoms with Crippen molar-refractivity contribution in [2.45, 2.75) is 51.1 Å². The Balaban J connectivity index is 2.34. The summed E-state index contributed by atoms with van der Waals surface area (Å²) < 4.78 is 0. The summed E-state index contributed by atoms with van der Waals surface area (Å²) in [6.45, 7) is 3.92. The number of likely N-dealkylation sites (N-methyl/N-ethyl adjacent to an activating group) is 1. The van der Waals surface area contributed by atoms with Crippen molar-refractivity contribution in [1.82, 2.24) is 9.80 Å². The second-order valence-electron chi connectivity index (χ2n) is 5.51. The predicted octanol–water partition coefficient (Wildman–Crippen LogP) is 1.06. The molecule has 100 valence electrons. The molecule has 0 aromatic carbocycles. The van der Waals surface area contributed by atoms with Crippen LogP contribution in [0.2, 0.25) is 0 Å². The van der Waals surface area contributed by atoms with Crippen LogP contribution in [-0.4, -0.2) is 55.0 Å². The number of hydrogen-bond donors (Lipinski definition) is 1. The molecular weight excluding hydrogens is 214 g/mol. The Morgan fingerprint density at radius 1 is 1.53 bits per heavy atom. The van der Waals surface area contributed by atoms with E-state index in [1.54, 1.807) is 0 Å². The van der Waals surface area contributed by atoms with Gasteiger partial charge in [-0.1, -0.05) is 0 Å². The molecule has 17 heavy (non-hydrogen) atoms. The molecule has 1 aliphatic heterocycles. The number of nitrogens with two attached hydrogens (primary N) is 1. The van der Waals surface area contributed by atoms with E-state index in [0.29, 0.717) is 18.4 Å². The summed E-state index contributed by atoms with van der Waals surface area (Å²) in [7, 11) is 4.13. The van der Waals surface area contributed by atoms with Gasteiger partial charge in [0.25, 0.3) is 0 Å². The molecule has 1 fully saturated rings. The molecule has 0 saturated carbocycles. The van der Waals surface area contributed by atoms with Gasteiger partial charge in [-0.3, -0.25) is 4.79 Å². The van der Waals surface area contributed by atoms with Crippen molar-refractivity contribution in [1.29, 1.82) is 0 Å². The summed E-state index contributed by atoms with van der Waals surface area (Å²) in [5, 5.41) is 0. The van der Waals surface area contributed by atoms with Gasteiger partial charge in [0, 0.05) is 31.6 Å². The lowest BCUT2D eigenvalue weighted by Gasteiger charge is -2.27. The minimum absolute atomic E-state index is 0.207. The first-order valence-electron chi connectivity index (χ1n) is 6.70.